The molecule has 0 heterocycles. The minimum atomic E-state index is -0.384. The fourth-order valence-electron chi connectivity index (χ4n) is 1.77. The van der Waals surface area contributed by atoms with Crippen LogP contribution in [0.4, 0.5) is 4.39 Å². The van der Waals surface area contributed by atoms with Crippen molar-refractivity contribution in [3.63, 3.8) is 0 Å². The second kappa shape index (κ2) is 5.52. The number of aromatic hydroxyl groups is 1. The summed E-state index contributed by atoms with van der Waals surface area (Å²) in [5.41, 5.74) is 1.52. The molecule has 2 aromatic rings. The van der Waals surface area contributed by atoms with Gasteiger partial charge in [0.1, 0.15) is 11.6 Å². The number of para-hydroxylation sites is 1. The van der Waals surface area contributed by atoms with Crippen LogP contribution in [0, 0.1) is 12.7 Å². The highest BCUT2D eigenvalue weighted by Gasteiger charge is 2.11. The second-order valence-electron chi connectivity index (χ2n) is 4.28. The zero-order valence-electron chi connectivity index (χ0n) is 10.5. The summed E-state index contributed by atoms with van der Waals surface area (Å²) >= 11 is 0. The maximum atomic E-state index is 13.0. The maximum Gasteiger partial charge on any atom is 0.255 e. The van der Waals surface area contributed by atoms with Crippen molar-refractivity contribution in [3.05, 3.63) is 65.0 Å². The van der Waals surface area contributed by atoms with Crippen molar-refractivity contribution in [2.45, 2.75) is 13.5 Å². The van der Waals surface area contributed by atoms with Crippen molar-refractivity contribution in [2.24, 2.45) is 0 Å². The molecule has 3 nitrogen and oxygen atoms in total. The molecular weight excluding hydrogens is 245 g/mol. The fraction of sp³-hybridized carbons (Fsp3) is 0.133. The predicted octanol–water partition coefficient (Wildman–Crippen LogP) is 2.77. The van der Waals surface area contributed by atoms with Crippen LogP contribution < -0.4 is 5.32 Å². The Morgan fingerprint density at radius 1 is 1.26 bits per heavy atom. The van der Waals surface area contributed by atoms with Crippen molar-refractivity contribution < 1.29 is 14.3 Å². The summed E-state index contributed by atoms with van der Waals surface area (Å²) in [6, 6.07) is 11.0. The molecule has 0 aliphatic heterocycles. The molecule has 0 radical (unpaired) electrons. The Morgan fingerprint density at radius 2 is 2.00 bits per heavy atom. The lowest BCUT2D eigenvalue weighted by Gasteiger charge is -2.08. The van der Waals surface area contributed by atoms with Gasteiger partial charge in [-0.2, -0.15) is 0 Å². The Kier molecular flexibility index (Phi) is 3.80. The Labute approximate surface area is 110 Å². The van der Waals surface area contributed by atoms with Crippen LogP contribution in [0.3, 0.4) is 0 Å². The number of hydrogen-bond donors (Lipinski definition) is 2. The van der Waals surface area contributed by atoms with Crippen molar-refractivity contribution in [2.75, 3.05) is 0 Å². The van der Waals surface area contributed by atoms with Crippen LogP contribution in [0.5, 0.6) is 5.75 Å². The number of rotatable bonds is 3. The van der Waals surface area contributed by atoms with E-state index in [9.17, 15) is 14.3 Å². The number of phenols is 1. The summed E-state index contributed by atoms with van der Waals surface area (Å²) in [4.78, 5) is 11.9. The normalized spacial score (nSPS) is 10.2. The highest BCUT2D eigenvalue weighted by molar-refractivity contribution is 5.97. The third-order valence-electron chi connectivity index (χ3n) is 2.82. The van der Waals surface area contributed by atoms with Crippen LogP contribution in [-0.4, -0.2) is 11.0 Å². The molecule has 4 heteroatoms. The number of aryl methyl sites for hydroxylation is 1. The molecule has 0 aliphatic rings. The van der Waals surface area contributed by atoms with E-state index in [0.29, 0.717) is 11.1 Å². The van der Waals surface area contributed by atoms with Gasteiger partial charge in [-0.25, -0.2) is 4.39 Å². The molecular formula is C15H14FNO2. The van der Waals surface area contributed by atoms with E-state index in [1.807, 2.05) is 0 Å². The number of benzene rings is 2. The first-order chi connectivity index (χ1) is 9.08. The molecule has 2 aromatic carbocycles. The second-order valence-corrected chi connectivity index (χ2v) is 4.28. The Morgan fingerprint density at radius 3 is 2.74 bits per heavy atom. The van der Waals surface area contributed by atoms with Gasteiger partial charge in [-0.05, 0) is 36.2 Å². The van der Waals surface area contributed by atoms with Crippen molar-refractivity contribution >= 4 is 5.91 Å². The van der Waals surface area contributed by atoms with E-state index in [4.69, 9.17) is 0 Å². The first kappa shape index (κ1) is 13.1. The van der Waals surface area contributed by atoms with E-state index in [2.05, 4.69) is 5.32 Å². The molecule has 0 aliphatic carbocycles. The summed E-state index contributed by atoms with van der Waals surface area (Å²) in [5.74, 6) is -0.755. The SMILES string of the molecule is Cc1cccc(C(=O)NCc2cccc(F)c2)c1O. The predicted molar refractivity (Wildman–Crippen MR) is 70.4 cm³/mol. The Bertz CT molecular complexity index is 611. The molecule has 98 valence electrons. The number of hydrogen-bond acceptors (Lipinski definition) is 2. The monoisotopic (exact) mass is 259 g/mol. The van der Waals surface area contributed by atoms with E-state index in [0.717, 1.165) is 0 Å². The molecule has 19 heavy (non-hydrogen) atoms. The zero-order valence-corrected chi connectivity index (χ0v) is 10.5. The van der Waals surface area contributed by atoms with E-state index < -0.39 is 0 Å². The third kappa shape index (κ3) is 3.10. The molecule has 0 saturated heterocycles. The Hall–Kier alpha value is -2.36. The number of halogens is 1. The van der Waals surface area contributed by atoms with Crippen molar-refractivity contribution in [3.8, 4) is 5.75 Å². The molecule has 0 atom stereocenters. The van der Waals surface area contributed by atoms with Gasteiger partial charge in [-0.1, -0.05) is 24.3 Å². The van der Waals surface area contributed by atoms with Crippen molar-refractivity contribution in [1.29, 1.82) is 0 Å². The summed E-state index contributed by atoms with van der Waals surface area (Å²) in [6.45, 7) is 1.93. The third-order valence-corrected chi connectivity index (χ3v) is 2.82. The minimum Gasteiger partial charge on any atom is -0.507 e. The van der Waals surface area contributed by atoms with Crippen LogP contribution in [0.15, 0.2) is 42.5 Å². The maximum absolute atomic E-state index is 13.0. The van der Waals surface area contributed by atoms with E-state index in [1.54, 1.807) is 37.3 Å². The molecule has 0 aromatic heterocycles. The molecule has 1 amide bonds. The average molecular weight is 259 g/mol. The van der Waals surface area contributed by atoms with Gasteiger partial charge in [0.15, 0.2) is 0 Å². The van der Waals surface area contributed by atoms with Gasteiger partial charge >= 0.3 is 0 Å². The van der Waals surface area contributed by atoms with Gasteiger partial charge < -0.3 is 10.4 Å². The summed E-state index contributed by atoms with van der Waals surface area (Å²) in [5, 5.41) is 12.4. The van der Waals surface area contributed by atoms with Crippen LogP contribution in [0.1, 0.15) is 21.5 Å². The number of carbonyl (C=O) groups is 1. The summed E-state index contributed by atoms with van der Waals surface area (Å²) < 4.78 is 13.0. The largest absolute Gasteiger partial charge is 0.507 e. The van der Waals surface area contributed by atoms with Crippen LogP contribution >= 0.6 is 0 Å². The fourth-order valence-corrected chi connectivity index (χ4v) is 1.77. The van der Waals surface area contributed by atoms with E-state index in [-0.39, 0.29) is 29.6 Å². The van der Waals surface area contributed by atoms with E-state index in [1.165, 1.54) is 12.1 Å². The van der Waals surface area contributed by atoms with Gasteiger partial charge in [0, 0.05) is 6.54 Å². The highest BCUT2D eigenvalue weighted by atomic mass is 19.1. The van der Waals surface area contributed by atoms with Gasteiger partial charge in [0.05, 0.1) is 5.56 Å². The Balaban J connectivity index is 2.08. The smallest absolute Gasteiger partial charge is 0.255 e. The quantitative estimate of drug-likeness (QED) is 0.890. The van der Waals surface area contributed by atoms with Gasteiger partial charge in [-0.3, -0.25) is 4.79 Å². The lowest BCUT2D eigenvalue weighted by Crippen LogP contribution is -2.23. The van der Waals surface area contributed by atoms with E-state index >= 15 is 0 Å². The number of nitrogens with one attached hydrogen (secondary N) is 1. The van der Waals surface area contributed by atoms with Crippen molar-refractivity contribution in [1.82, 2.24) is 5.32 Å². The average Bonchev–Trinajstić information content (AvgIpc) is 2.39. The lowest BCUT2D eigenvalue weighted by atomic mass is 10.1. The highest BCUT2D eigenvalue weighted by Crippen LogP contribution is 2.21. The minimum absolute atomic E-state index is 0.0285. The topological polar surface area (TPSA) is 49.3 Å². The number of carbonyl (C=O) groups excluding carboxylic acids is 1. The summed E-state index contributed by atoms with van der Waals surface area (Å²) in [7, 11) is 0. The number of phenolic OH excluding ortho intramolecular Hbond substituents is 1. The van der Waals surface area contributed by atoms with Gasteiger partial charge in [0.2, 0.25) is 0 Å². The first-order valence-electron chi connectivity index (χ1n) is 5.89. The zero-order chi connectivity index (χ0) is 13.8. The number of amides is 1. The van der Waals surface area contributed by atoms with Crippen LogP contribution in [0.25, 0.3) is 0 Å². The standard InChI is InChI=1S/C15H14FNO2/c1-10-4-2-7-13(14(10)18)15(19)17-9-11-5-3-6-12(16)8-11/h2-8,18H,9H2,1H3,(H,17,19). The lowest BCUT2D eigenvalue weighted by molar-refractivity contribution is 0.0948. The summed E-state index contributed by atoms with van der Waals surface area (Å²) in [6.07, 6.45) is 0. The van der Waals surface area contributed by atoms with Crippen LogP contribution in [0.2, 0.25) is 0 Å². The molecule has 0 unspecified atom stereocenters. The van der Waals surface area contributed by atoms with Crippen LogP contribution in [-0.2, 0) is 6.54 Å². The molecule has 0 fully saturated rings. The molecule has 0 bridgehead atoms. The van der Waals surface area contributed by atoms with Gasteiger partial charge in [0.25, 0.3) is 5.91 Å². The molecule has 2 rings (SSSR count). The molecule has 0 saturated carbocycles. The van der Waals surface area contributed by atoms with Gasteiger partial charge in [-0.15, -0.1) is 0 Å². The molecule has 0 spiro atoms. The first-order valence-corrected chi connectivity index (χ1v) is 5.89. The molecule has 2 N–H and O–H groups in total.